The third-order valence-corrected chi connectivity index (χ3v) is 7.78. The fourth-order valence-electron chi connectivity index (χ4n) is 5.32. The maximum Gasteiger partial charge on any atom is 0.308 e. The van der Waals surface area contributed by atoms with Gasteiger partial charge in [-0.1, -0.05) is 59.3 Å². The van der Waals surface area contributed by atoms with Crippen molar-refractivity contribution in [3.63, 3.8) is 0 Å². The van der Waals surface area contributed by atoms with E-state index in [1.165, 1.54) is 44.1 Å². The summed E-state index contributed by atoms with van der Waals surface area (Å²) in [5.74, 6) is 6.31. The zero-order chi connectivity index (χ0) is 34.1. The molecule has 0 unspecified atom stereocenters. The molecule has 1 aliphatic heterocycles. The van der Waals surface area contributed by atoms with Crippen molar-refractivity contribution >= 4 is 40.6 Å². The van der Waals surface area contributed by atoms with E-state index in [9.17, 15) is 4.79 Å². The molecular weight excluding hydrogens is 578 g/mol. The number of carbonyl (C=O) groups is 2. The Bertz CT molecular complexity index is 1440. The van der Waals surface area contributed by atoms with Gasteiger partial charge in [0.15, 0.2) is 5.52 Å². The smallest absolute Gasteiger partial charge is 0.308 e. The minimum atomic E-state index is -0.299. The predicted octanol–water partition coefficient (Wildman–Crippen LogP) is 8.51. The fourth-order valence-corrected chi connectivity index (χ4v) is 5.32. The summed E-state index contributed by atoms with van der Waals surface area (Å²) in [4.78, 5) is 30.8. The van der Waals surface area contributed by atoms with Crippen LogP contribution in [-0.2, 0) is 16.6 Å². The first-order valence-corrected chi connectivity index (χ1v) is 17.1. The Kier molecular flexibility index (Phi) is 16.7. The second-order valence-corrected chi connectivity index (χ2v) is 11.1. The van der Waals surface area contributed by atoms with Crippen molar-refractivity contribution < 1.29 is 19.4 Å². The van der Waals surface area contributed by atoms with Crippen LogP contribution in [0.5, 0.6) is 5.88 Å². The lowest BCUT2D eigenvalue weighted by atomic mass is 9.98. The maximum atomic E-state index is 13.5. The average molecular weight is 634 g/mol. The number of pyridine rings is 1. The maximum absolute atomic E-state index is 13.5. The number of nitrogens with zero attached hydrogens (tertiary/aromatic N) is 5. The number of ether oxygens (including phenoxy) is 1. The minimum Gasteiger partial charge on any atom is -0.483 e. The fraction of sp³-hybridized carbons (Fsp3) is 0.568. The first kappa shape index (κ1) is 38.1. The van der Waals surface area contributed by atoms with Crippen LogP contribution in [0.1, 0.15) is 110 Å². The Morgan fingerprint density at radius 2 is 1.52 bits per heavy atom. The number of amides is 1. The molecule has 0 atom stereocenters. The molecule has 46 heavy (non-hydrogen) atoms. The molecule has 2 aliphatic carbocycles. The molecule has 9 heteroatoms. The highest BCUT2D eigenvalue weighted by Crippen LogP contribution is 2.39. The van der Waals surface area contributed by atoms with Crippen molar-refractivity contribution in [3.05, 3.63) is 35.4 Å². The zero-order valence-corrected chi connectivity index (χ0v) is 29.4. The summed E-state index contributed by atoms with van der Waals surface area (Å²) in [7, 11) is 1.90. The van der Waals surface area contributed by atoms with Gasteiger partial charge in [-0.2, -0.15) is 0 Å². The van der Waals surface area contributed by atoms with E-state index in [1.54, 1.807) is 16.5 Å². The highest BCUT2D eigenvalue weighted by atomic mass is 16.5. The third kappa shape index (κ3) is 10.5. The number of hydrogen-bond donors (Lipinski definition) is 1. The molecule has 0 radical (unpaired) electrons. The largest absolute Gasteiger partial charge is 0.483 e. The standard InChI is InChI=1S/C29H35N5O2.C3H6.2C2H6.CH2O2/c1-5-11-27(35)34(25-19-21(3)20(2)18-24(25)33-16-9-10-17-33)26-15-14-23-28(30-26)29(31-32(23)4)36-22-12-7-6-8-13-22;1-2-3-1;2*1-2;2-1-3/h14-15,18-19,22H,6-10,12-13,16-17H2,1-4H3;1-3H2;2*1-2H3;1H,(H,2,3). The molecular formula is C37H55N5O4. The molecule has 3 aliphatic rings. The summed E-state index contributed by atoms with van der Waals surface area (Å²) in [5.41, 5.74) is 5.74. The molecule has 3 aromatic rings. The number of aromatic nitrogens is 3. The quantitative estimate of drug-likeness (QED) is 0.222. The summed E-state index contributed by atoms with van der Waals surface area (Å²) in [5, 5.41) is 11.5. The minimum absolute atomic E-state index is 0.160. The molecule has 1 aromatic carbocycles. The van der Waals surface area contributed by atoms with E-state index in [-0.39, 0.29) is 18.5 Å². The molecule has 6 rings (SSSR count). The summed E-state index contributed by atoms with van der Waals surface area (Å²) in [6, 6.07) is 8.13. The van der Waals surface area contributed by atoms with Gasteiger partial charge in [-0.15, -0.1) is 5.10 Å². The van der Waals surface area contributed by atoms with Crippen LogP contribution in [0.3, 0.4) is 0 Å². The van der Waals surface area contributed by atoms with Gasteiger partial charge in [-0.05, 0) is 101 Å². The van der Waals surface area contributed by atoms with Crippen molar-refractivity contribution in [2.75, 3.05) is 22.9 Å². The highest BCUT2D eigenvalue weighted by Gasteiger charge is 2.27. The molecule has 252 valence electrons. The van der Waals surface area contributed by atoms with E-state index in [0.717, 1.165) is 61.2 Å². The van der Waals surface area contributed by atoms with Gasteiger partial charge in [0.05, 0.1) is 16.9 Å². The molecule has 1 saturated heterocycles. The van der Waals surface area contributed by atoms with Gasteiger partial charge in [-0.25, -0.2) is 4.98 Å². The molecule has 3 fully saturated rings. The van der Waals surface area contributed by atoms with Crippen LogP contribution < -0.4 is 14.5 Å². The van der Waals surface area contributed by atoms with Gasteiger partial charge in [0, 0.05) is 20.1 Å². The molecule has 1 N–H and O–H groups in total. The number of aryl methyl sites for hydroxylation is 3. The van der Waals surface area contributed by atoms with E-state index >= 15 is 0 Å². The average Bonchev–Trinajstić information content (AvgIpc) is 3.80. The van der Waals surface area contributed by atoms with Crippen molar-refractivity contribution in [3.8, 4) is 17.7 Å². The zero-order valence-electron chi connectivity index (χ0n) is 29.4. The number of hydrogen-bond acceptors (Lipinski definition) is 6. The van der Waals surface area contributed by atoms with Crippen LogP contribution in [0.2, 0.25) is 0 Å². The van der Waals surface area contributed by atoms with E-state index in [1.807, 2.05) is 46.9 Å². The monoisotopic (exact) mass is 633 g/mol. The molecule has 0 bridgehead atoms. The molecule has 2 aromatic heterocycles. The van der Waals surface area contributed by atoms with Crippen LogP contribution in [0.15, 0.2) is 24.3 Å². The number of carbonyl (C=O) groups excluding carboxylic acids is 1. The van der Waals surface area contributed by atoms with Gasteiger partial charge in [-0.3, -0.25) is 19.2 Å². The lowest BCUT2D eigenvalue weighted by Crippen LogP contribution is -2.29. The molecule has 3 heterocycles. The Labute approximate surface area is 276 Å². The number of fused-ring (bicyclic) bond motifs is 1. The molecule has 9 nitrogen and oxygen atoms in total. The van der Waals surface area contributed by atoms with Crippen LogP contribution in [0.4, 0.5) is 17.2 Å². The van der Waals surface area contributed by atoms with Crippen molar-refractivity contribution in [1.82, 2.24) is 14.8 Å². The van der Waals surface area contributed by atoms with Gasteiger partial charge < -0.3 is 14.7 Å². The SMILES string of the molecule is C1CC1.CC.CC.CC#CC(=O)N(c1ccc2c(n1)c(OC1CCCCC1)nn2C)c1cc(C)c(C)cc1N1CCCC1.O=CO. The van der Waals surface area contributed by atoms with Gasteiger partial charge in [0.2, 0.25) is 0 Å². The predicted molar refractivity (Wildman–Crippen MR) is 189 cm³/mol. The summed E-state index contributed by atoms with van der Waals surface area (Å²) in [6.07, 6.45) is 12.7. The Morgan fingerprint density at radius 1 is 0.957 bits per heavy atom. The van der Waals surface area contributed by atoms with E-state index < -0.39 is 0 Å². The van der Waals surface area contributed by atoms with E-state index in [2.05, 4.69) is 47.8 Å². The van der Waals surface area contributed by atoms with Gasteiger partial charge in [0.1, 0.15) is 11.9 Å². The molecule has 0 spiro atoms. The number of rotatable bonds is 5. The lowest BCUT2D eigenvalue weighted by molar-refractivity contribution is -0.122. The topological polar surface area (TPSA) is 101 Å². The summed E-state index contributed by atoms with van der Waals surface area (Å²) < 4.78 is 8.14. The second kappa shape index (κ2) is 20.1. The first-order valence-electron chi connectivity index (χ1n) is 17.1. The van der Waals surface area contributed by atoms with Gasteiger partial charge >= 0.3 is 5.91 Å². The molecule has 1 amide bonds. The van der Waals surface area contributed by atoms with Crippen LogP contribution in [0.25, 0.3) is 11.0 Å². The highest BCUT2D eigenvalue weighted by molar-refractivity contribution is 6.12. The molecule has 2 saturated carbocycles. The lowest BCUT2D eigenvalue weighted by Gasteiger charge is -2.28. The number of carboxylic acid groups (broad SMARTS) is 1. The summed E-state index contributed by atoms with van der Waals surface area (Å²) in [6.45, 7) is 15.6. The van der Waals surface area contributed by atoms with Crippen molar-refractivity contribution in [1.29, 1.82) is 0 Å². The number of benzene rings is 1. The Hall–Kier alpha value is -4.06. The van der Waals surface area contributed by atoms with E-state index in [0.29, 0.717) is 17.2 Å². The van der Waals surface area contributed by atoms with Gasteiger partial charge in [0.25, 0.3) is 12.4 Å². The normalized spacial score (nSPS) is 14.7. The van der Waals surface area contributed by atoms with Crippen molar-refractivity contribution in [2.24, 2.45) is 7.05 Å². The van der Waals surface area contributed by atoms with Crippen LogP contribution in [-0.4, -0.2) is 51.4 Å². The Morgan fingerprint density at radius 3 is 2.09 bits per heavy atom. The third-order valence-electron chi connectivity index (χ3n) is 7.78. The first-order chi connectivity index (χ1) is 22.4. The summed E-state index contributed by atoms with van der Waals surface area (Å²) >= 11 is 0. The Balaban J connectivity index is 0.000000652. The van der Waals surface area contributed by atoms with Crippen LogP contribution >= 0.6 is 0 Å². The van der Waals surface area contributed by atoms with Crippen molar-refractivity contribution in [2.45, 2.75) is 119 Å². The second-order valence-electron chi connectivity index (χ2n) is 11.1. The van der Waals surface area contributed by atoms with Crippen LogP contribution in [0, 0.1) is 25.7 Å². The van der Waals surface area contributed by atoms with E-state index in [4.69, 9.17) is 19.6 Å². The number of anilines is 3.